The monoisotopic (exact) mass is 238 g/mol. The highest BCUT2D eigenvalue weighted by molar-refractivity contribution is 4.92. The Hall–Kier alpha value is -0.120. The van der Waals surface area contributed by atoms with Crippen LogP contribution in [0.1, 0.15) is 32.6 Å². The fraction of sp³-hybridized carbons (Fsp3) is 1.00. The highest BCUT2D eigenvalue weighted by Gasteiger charge is 2.36. The third-order valence-corrected chi connectivity index (χ3v) is 4.72. The van der Waals surface area contributed by atoms with Crippen LogP contribution in [0.25, 0.3) is 0 Å². The number of hydrogen-bond acceptors (Lipinski definition) is 3. The second-order valence-electron chi connectivity index (χ2n) is 6.15. The minimum absolute atomic E-state index is 0.710. The van der Waals surface area contributed by atoms with Gasteiger partial charge in [0.2, 0.25) is 0 Å². The van der Waals surface area contributed by atoms with Crippen molar-refractivity contribution in [3.05, 3.63) is 0 Å². The van der Waals surface area contributed by atoms with Crippen molar-refractivity contribution in [3.63, 3.8) is 0 Å². The average molecular weight is 238 g/mol. The maximum Gasteiger partial charge on any atom is 0.0506 e. The summed E-state index contributed by atoms with van der Waals surface area (Å²) in [5, 5.41) is 3.75. The zero-order chi connectivity index (χ0) is 11.7. The molecule has 3 heteroatoms. The van der Waals surface area contributed by atoms with Crippen molar-refractivity contribution in [1.29, 1.82) is 0 Å². The van der Waals surface area contributed by atoms with E-state index in [0.717, 1.165) is 31.2 Å². The van der Waals surface area contributed by atoms with Crippen LogP contribution in [-0.2, 0) is 4.74 Å². The molecular formula is C14H26N2O. The Balaban J connectivity index is 1.63. The van der Waals surface area contributed by atoms with E-state index < -0.39 is 0 Å². The van der Waals surface area contributed by atoms with Gasteiger partial charge in [-0.05, 0) is 50.6 Å². The molecule has 98 valence electrons. The van der Waals surface area contributed by atoms with E-state index in [9.17, 15) is 0 Å². The molecule has 0 aromatic rings. The summed E-state index contributed by atoms with van der Waals surface area (Å²) in [4.78, 5) is 2.76. The van der Waals surface area contributed by atoms with Gasteiger partial charge in [0, 0.05) is 25.2 Å². The Morgan fingerprint density at radius 2 is 2.12 bits per heavy atom. The third kappa shape index (κ3) is 2.83. The van der Waals surface area contributed by atoms with E-state index in [4.69, 9.17) is 4.74 Å². The minimum atomic E-state index is 0.710. The van der Waals surface area contributed by atoms with Crippen LogP contribution in [0.15, 0.2) is 0 Å². The Labute approximate surface area is 105 Å². The molecule has 1 N–H and O–H groups in total. The summed E-state index contributed by atoms with van der Waals surface area (Å²) in [7, 11) is 0. The van der Waals surface area contributed by atoms with Crippen molar-refractivity contribution in [3.8, 4) is 0 Å². The van der Waals surface area contributed by atoms with Crippen molar-refractivity contribution in [2.75, 3.05) is 32.8 Å². The van der Waals surface area contributed by atoms with E-state index in [-0.39, 0.29) is 0 Å². The van der Waals surface area contributed by atoms with Crippen molar-refractivity contribution >= 4 is 0 Å². The quantitative estimate of drug-likeness (QED) is 0.789. The molecule has 0 radical (unpaired) electrons. The van der Waals surface area contributed by atoms with Crippen LogP contribution >= 0.6 is 0 Å². The molecule has 3 fully saturated rings. The molecule has 0 aromatic carbocycles. The standard InChI is InChI=1S/C14H26N2O/c1-11-10-17-8-5-14(11)16-7-2-6-15-13(9-16)12-3-4-12/h11-15H,2-10H2,1H3. The fourth-order valence-corrected chi connectivity index (χ4v) is 3.50. The first-order valence-electron chi connectivity index (χ1n) is 7.40. The Kier molecular flexibility index (Phi) is 3.69. The summed E-state index contributed by atoms with van der Waals surface area (Å²) in [6, 6.07) is 1.54. The summed E-state index contributed by atoms with van der Waals surface area (Å²) < 4.78 is 5.58. The summed E-state index contributed by atoms with van der Waals surface area (Å²) >= 11 is 0. The van der Waals surface area contributed by atoms with Crippen LogP contribution in [0.2, 0.25) is 0 Å². The molecule has 0 bridgehead atoms. The zero-order valence-electron chi connectivity index (χ0n) is 11.0. The molecule has 1 saturated carbocycles. The normalized spacial score (nSPS) is 41.1. The molecule has 3 atom stereocenters. The predicted molar refractivity (Wildman–Crippen MR) is 69.1 cm³/mol. The highest BCUT2D eigenvalue weighted by Crippen LogP contribution is 2.34. The molecular weight excluding hydrogens is 212 g/mol. The lowest BCUT2D eigenvalue weighted by molar-refractivity contribution is -0.00691. The smallest absolute Gasteiger partial charge is 0.0506 e. The average Bonchev–Trinajstić information content (AvgIpc) is 3.16. The predicted octanol–water partition coefficient (Wildman–Crippen LogP) is 1.49. The van der Waals surface area contributed by atoms with Crippen molar-refractivity contribution in [2.24, 2.45) is 11.8 Å². The molecule has 17 heavy (non-hydrogen) atoms. The van der Waals surface area contributed by atoms with E-state index in [1.54, 1.807) is 0 Å². The van der Waals surface area contributed by atoms with Gasteiger partial charge in [-0.3, -0.25) is 4.90 Å². The van der Waals surface area contributed by atoms with Crippen LogP contribution in [0.4, 0.5) is 0 Å². The molecule has 0 aromatic heterocycles. The van der Waals surface area contributed by atoms with Crippen LogP contribution < -0.4 is 5.32 Å². The molecule has 1 aliphatic carbocycles. The Bertz CT molecular complexity index is 255. The van der Waals surface area contributed by atoms with Gasteiger partial charge >= 0.3 is 0 Å². The van der Waals surface area contributed by atoms with Crippen LogP contribution in [0.5, 0.6) is 0 Å². The van der Waals surface area contributed by atoms with Gasteiger partial charge in [-0.1, -0.05) is 6.92 Å². The van der Waals surface area contributed by atoms with E-state index >= 15 is 0 Å². The van der Waals surface area contributed by atoms with Gasteiger partial charge < -0.3 is 10.1 Å². The molecule has 2 aliphatic heterocycles. The molecule has 0 amide bonds. The zero-order valence-corrected chi connectivity index (χ0v) is 11.0. The maximum absolute atomic E-state index is 5.58. The van der Waals surface area contributed by atoms with E-state index in [2.05, 4.69) is 17.1 Å². The van der Waals surface area contributed by atoms with Crippen molar-refractivity contribution < 1.29 is 4.74 Å². The third-order valence-electron chi connectivity index (χ3n) is 4.72. The first-order chi connectivity index (χ1) is 8.34. The minimum Gasteiger partial charge on any atom is -0.381 e. The van der Waals surface area contributed by atoms with Crippen LogP contribution in [0.3, 0.4) is 0 Å². The van der Waals surface area contributed by atoms with Crippen LogP contribution in [0, 0.1) is 11.8 Å². The maximum atomic E-state index is 5.58. The second-order valence-corrected chi connectivity index (χ2v) is 6.15. The van der Waals surface area contributed by atoms with Gasteiger partial charge in [0.1, 0.15) is 0 Å². The molecule has 3 rings (SSSR count). The summed E-state index contributed by atoms with van der Waals surface area (Å²) in [5.41, 5.74) is 0. The fourth-order valence-electron chi connectivity index (χ4n) is 3.50. The summed E-state index contributed by atoms with van der Waals surface area (Å²) in [6.45, 7) is 8.06. The lowest BCUT2D eigenvalue weighted by Crippen LogP contribution is -2.49. The second kappa shape index (κ2) is 5.25. The molecule has 3 unspecified atom stereocenters. The number of nitrogens with one attached hydrogen (secondary N) is 1. The molecule has 2 saturated heterocycles. The number of rotatable bonds is 2. The highest BCUT2D eigenvalue weighted by atomic mass is 16.5. The first kappa shape index (κ1) is 11.9. The van der Waals surface area contributed by atoms with Crippen molar-refractivity contribution in [2.45, 2.75) is 44.7 Å². The van der Waals surface area contributed by atoms with Crippen LogP contribution in [-0.4, -0.2) is 49.8 Å². The van der Waals surface area contributed by atoms with Gasteiger partial charge in [0.25, 0.3) is 0 Å². The number of ether oxygens (including phenoxy) is 1. The lowest BCUT2D eigenvalue weighted by Gasteiger charge is -2.39. The molecule has 3 nitrogen and oxygen atoms in total. The summed E-state index contributed by atoms with van der Waals surface area (Å²) in [6.07, 6.45) is 5.45. The summed E-state index contributed by atoms with van der Waals surface area (Å²) in [5.74, 6) is 1.69. The van der Waals surface area contributed by atoms with E-state index in [0.29, 0.717) is 5.92 Å². The Morgan fingerprint density at radius 1 is 1.24 bits per heavy atom. The molecule has 0 spiro atoms. The topological polar surface area (TPSA) is 24.5 Å². The van der Waals surface area contributed by atoms with Gasteiger partial charge in [-0.25, -0.2) is 0 Å². The van der Waals surface area contributed by atoms with Gasteiger partial charge in [0.15, 0.2) is 0 Å². The van der Waals surface area contributed by atoms with Gasteiger partial charge in [-0.15, -0.1) is 0 Å². The van der Waals surface area contributed by atoms with E-state index in [1.807, 2.05) is 0 Å². The number of nitrogens with zero attached hydrogens (tertiary/aromatic N) is 1. The van der Waals surface area contributed by atoms with Gasteiger partial charge in [-0.2, -0.15) is 0 Å². The lowest BCUT2D eigenvalue weighted by atomic mass is 9.95. The first-order valence-corrected chi connectivity index (χ1v) is 7.40. The van der Waals surface area contributed by atoms with Crippen molar-refractivity contribution in [1.82, 2.24) is 10.2 Å². The molecule has 3 aliphatic rings. The van der Waals surface area contributed by atoms with Gasteiger partial charge in [0.05, 0.1) is 6.61 Å². The largest absolute Gasteiger partial charge is 0.381 e. The SMILES string of the molecule is CC1COCCC1N1CCCNC(C2CC2)C1. The Morgan fingerprint density at radius 3 is 2.88 bits per heavy atom. The molecule has 2 heterocycles. The van der Waals surface area contributed by atoms with E-state index in [1.165, 1.54) is 45.3 Å². The number of hydrogen-bond donors (Lipinski definition) is 1.